The van der Waals surface area contributed by atoms with E-state index in [-0.39, 0.29) is 0 Å². The molecule has 3 aromatic rings. The zero-order chi connectivity index (χ0) is 11.7. The minimum Gasteiger partial charge on any atom is -0.440 e. The first-order chi connectivity index (χ1) is 8.33. The second kappa shape index (κ2) is 4.14. The first-order valence-electron chi connectivity index (χ1n) is 5.09. The van der Waals surface area contributed by atoms with E-state index in [2.05, 4.69) is 15.0 Å². The number of rotatable bonds is 3. The topological polar surface area (TPSA) is 80.7 Å². The Hall–Kier alpha value is -1.95. The molecule has 0 fully saturated rings. The molecule has 2 aromatic heterocycles. The first kappa shape index (κ1) is 10.2. The molecule has 1 aromatic carbocycles. The molecule has 17 heavy (non-hydrogen) atoms. The maximum atomic E-state index is 5.81. The molecule has 0 aliphatic rings. The third-order valence-corrected chi connectivity index (χ3v) is 3.19. The number of nitrogens with one attached hydrogen (secondary N) is 1. The predicted octanol–water partition coefficient (Wildman–Crippen LogP) is 2.43. The van der Waals surface area contributed by atoms with Crippen molar-refractivity contribution in [3.63, 3.8) is 0 Å². The number of hydrogen-bond acceptors (Lipinski definition) is 5. The highest BCUT2D eigenvalue weighted by atomic mass is 32.2. The molecule has 2 heterocycles. The van der Waals surface area contributed by atoms with Gasteiger partial charge in [0.05, 0.1) is 11.4 Å². The van der Waals surface area contributed by atoms with Gasteiger partial charge < -0.3 is 15.1 Å². The SMILES string of the molecule is Nc1cccc2oc(CSc3ncc[nH]3)nc12. The average molecular weight is 246 g/mol. The lowest BCUT2D eigenvalue weighted by molar-refractivity contribution is 0.556. The van der Waals surface area contributed by atoms with Crippen LogP contribution in [0.3, 0.4) is 0 Å². The van der Waals surface area contributed by atoms with Crippen LogP contribution in [0.5, 0.6) is 0 Å². The lowest BCUT2D eigenvalue weighted by Crippen LogP contribution is -1.86. The molecule has 5 nitrogen and oxygen atoms in total. The second-order valence-electron chi connectivity index (χ2n) is 3.48. The van der Waals surface area contributed by atoms with Gasteiger partial charge in [0.1, 0.15) is 5.52 Å². The summed E-state index contributed by atoms with van der Waals surface area (Å²) in [4.78, 5) is 11.5. The number of anilines is 1. The summed E-state index contributed by atoms with van der Waals surface area (Å²) >= 11 is 1.54. The van der Waals surface area contributed by atoms with Crippen LogP contribution in [0, 0.1) is 0 Å². The van der Waals surface area contributed by atoms with E-state index in [1.165, 1.54) is 11.8 Å². The van der Waals surface area contributed by atoms with Gasteiger partial charge in [-0.15, -0.1) is 0 Å². The highest BCUT2D eigenvalue weighted by Crippen LogP contribution is 2.25. The highest BCUT2D eigenvalue weighted by Gasteiger charge is 2.08. The fourth-order valence-corrected chi connectivity index (χ4v) is 2.21. The summed E-state index contributed by atoms with van der Waals surface area (Å²) in [6.07, 6.45) is 3.50. The van der Waals surface area contributed by atoms with E-state index >= 15 is 0 Å². The van der Waals surface area contributed by atoms with E-state index in [4.69, 9.17) is 10.2 Å². The Bertz CT molecular complexity index is 632. The maximum absolute atomic E-state index is 5.81. The number of thioether (sulfide) groups is 1. The summed E-state index contributed by atoms with van der Waals surface area (Å²) in [7, 11) is 0. The molecule has 0 amide bonds. The number of aromatic amines is 1. The molecule has 0 radical (unpaired) electrons. The average Bonchev–Trinajstić information content (AvgIpc) is 2.95. The summed E-state index contributed by atoms with van der Waals surface area (Å²) in [5.74, 6) is 1.28. The Morgan fingerprint density at radius 2 is 2.35 bits per heavy atom. The van der Waals surface area contributed by atoms with Crippen LogP contribution < -0.4 is 5.73 Å². The Labute approximate surface area is 101 Å². The van der Waals surface area contributed by atoms with Crippen LogP contribution in [0.25, 0.3) is 11.1 Å². The van der Waals surface area contributed by atoms with Crippen LogP contribution in [-0.4, -0.2) is 15.0 Å². The first-order valence-corrected chi connectivity index (χ1v) is 6.07. The number of aromatic nitrogens is 3. The Morgan fingerprint density at radius 3 is 3.12 bits per heavy atom. The molecule has 86 valence electrons. The number of nitrogens with two attached hydrogens (primary N) is 1. The van der Waals surface area contributed by atoms with Gasteiger partial charge >= 0.3 is 0 Å². The zero-order valence-electron chi connectivity index (χ0n) is 8.88. The van der Waals surface area contributed by atoms with Gasteiger partial charge in [0.2, 0.25) is 5.89 Å². The van der Waals surface area contributed by atoms with Crippen LogP contribution in [0.2, 0.25) is 0 Å². The van der Waals surface area contributed by atoms with Gasteiger partial charge in [0.25, 0.3) is 0 Å². The Balaban J connectivity index is 1.84. The highest BCUT2D eigenvalue weighted by molar-refractivity contribution is 7.98. The fourth-order valence-electron chi connectivity index (χ4n) is 1.54. The lowest BCUT2D eigenvalue weighted by atomic mass is 10.3. The fraction of sp³-hybridized carbons (Fsp3) is 0.0909. The number of nitrogens with zero attached hydrogens (tertiary/aromatic N) is 2. The molecule has 0 bridgehead atoms. The molecule has 0 aliphatic heterocycles. The van der Waals surface area contributed by atoms with Crippen molar-refractivity contribution in [2.75, 3.05) is 5.73 Å². The van der Waals surface area contributed by atoms with Gasteiger partial charge in [-0.1, -0.05) is 17.8 Å². The van der Waals surface area contributed by atoms with Gasteiger partial charge in [-0.2, -0.15) is 0 Å². The van der Waals surface area contributed by atoms with Crippen LogP contribution in [0.4, 0.5) is 5.69 Å². The van der Waals surface area contributed by atoms with Crippen molar-refractivity contribution in [2.45, 2.75) is 10.9 Å². The van der Waals surface area contributed by atoms with Crippen molar-refractivity contribution in [3.8, 4) is 0 Å². The number of benzene rings is 1. The van der Waals surface area contributed by atoms with Gasteiger partial charge in [0, 0.05) is 12.4 Å². The Kier molecular flexibility index (Phi) is 2.49. The van der Waals surface area contributed by atoms with Crippen LogP contribution in [0.15, 0.2) is 40.2 Å². The molecule has 3 rings (SSSR count). The van der Waals surface area contributed by atoms with E-state index in [0.29, 0.717) is 17.3 Å². The van der Waals surface area contributed by atoms with E-state index in [1.54, 1.807) is 12.4 Å². The molecule has 0 atom stereocenters. The summed E-state index contributed by atoms with van der Waals surface area (Å²) in [5.41, 5.74) is 7.90. The summed E-state index contributed by atoms with van der Waals surface area (Å²) < 4.78 is 5.59. The molecule has 0 aliphatic carbocycles. The summed E-state index contributed by atoms with van der Waals surface area (Å²) in [6.45, 7) is 0. The van der Waals surface area contributed by atoms with Gasteiger partial charge in [-0.25, -0.2) is 9.97 Å². The smallest absolute Gasteiger partial charge is 0.206 e. The van der Waals surface area contributed by atoms with Gasteiger partial charge in [0.15, 0.2) is 10.7 Å². The monoisotopic (exact) mass is 246 g/mol. The third kappa shape index (κ3) is 1.99. The molecule has 3 N–H and O–H groups in total. The Morgan fingerprint density at radius 1 is 1.41 bits per heavy atom. The van der Waals surface area contributed by atoms with E-state index < -0.39 is 0 Å². The number of para-hydroxylation sites is 1. The van der Waals surface area contributed by atoms with Gasteiger partial charge in [-0.3, -0.25) is 0 Å². The van der Waals surface area contributed by atoms with Crippen LogP contribution in [-0.2, 0) is 5.75 Å². The maximum Gasteiger partial charge on any atom is 0.206 e. The lowest BCUT2D eigenvalue weighted by Gasteiger charge is -1.91. The van der Waals surface area contributed by atoms with Crippen molar-refractivity contribution in [2.24, 2.45) is 0 Å². The molecule has 0 saturated heterocycles. The summed E-state index contributed by atoms with van der Waals surface area (Å²) in [6, 6.07) is 5.53. The molecule has 0 spiro atoms. The minimum absolute atomic E-state index is 0.627. The number of nitrogen functional groups attached to an aromatic ring is 1. The quantitative estimate of drug-likeness (QED) is 0.548. The van der Waals surface area contributed by atoms with E-state index in [0.717, 1.165) is 16.3 Å². The van der Waals surface area contributed by atoms with E-state index in [9.17, 15) is 0 Å². The van der Waals surface area contributed by atoms with Crippen molar-refractivity contribution in [1.29, 1.82) is 0 Å². The molecule has 0 unspecified atom stereocenters. The minimum atomic E-state index is 0.627. The standard InChI is InChI=1S/C11H10N4OS/c12-7-2-1-3-8-10(7)15-9(16-8)6-17-11-13-4-5-14-11/h1-5H,6,12H2,(H,13,14). The number of imidazole rings is 1. The van der Waals surface area contributed by atoms with Gasteiger partial charge in [-0.05, 0) is 12.1 Å². The van der Waals surface area contributed by atoms with E-state index in [1.807, 2.05) is 18.2 Å². The second-order valence-corrected chi connectivity index (χ2v) is 4.45. The predicted molar refractivity (Wildman–Crippen MR) is 66.6 cm³/mol. The number of oxazole rings is 1. The third-order valence-electron chi connectivity index (χ3n) is 2.30. The molecular formula is C11H10N4OS. The number of hydrogen-bond donors (Lipinski definition) is 2. The molecular weight excluding hydrogens is 236 g/mol. The van der Waals surface area contributed by atoms with Crippen molar-refractivity contribution < 1.29 is 4.42 Å². The molecule has 0 saturated carbocycles. The number of fused-ring (bicyclic) bond motifs is 1. The molecule has 6 heteroatoms. The number of H-pyrrole nitrogens is 1. The summed E-state index contributed by atoms with van der Waals surface area (Å²) in [5, 5.41) is 0.847. The van der Waals surface area contributed by atoms with Crippen molar-refractivity contribution in [1.82, 2.24) is 15.0 Å². The van der Waals surface area contributed by atoms with Crippen LogP contribution in [0.1, 0.15) is 5.89 Å². The van der Waals surface area contributed by atoms with Crippen LogP contribution >= 0.6 is 11.8 Å². The normalized spacial score (nSPS) is 11.1. The van der Waals surface area contributed by atoms with Crippen molar-refractivity contribution >= 4 is 28.5 Å². The largest absolute Gasteiger partial charge is 0.440 e. The van der Waals surface area contributed by atoms with Crippen molar-refractivity contribution in [3.05, 3.63) is 36.5 Å². The zero-order valence-corrected chi connectivity index (χ0v) is 9.70.